The minimum Gasteiger partial charge on any atom is -0.467 e. The van der Waals surface area contributed by atoms with Gasteiger partial charge in [-0.1, -0.05) is 43.5 Å². The summed E-state index contributed by atoms with van der Waals surface area (Å²) in [5, 5.41) is 4.00. The van der Waals surface area contributed by atoms with Gasteiger partial charge in [0.15, 0.2) is 0 Å². The highest BCUT2D eigenvalue weighted by atomic mass is 35.5. The number of hydrogen-bond acceptors (Lipinski definition) is 3. The number of carbonyl (C=O) groups excluding carboxylic acids is 1. The Morgan fingerprint density at radius 3 is 2.89 bits per heavy atom. The first-order chi connectivity index (χ1) is 9.14. The molecular formula is C15H20ClNO2. The molecule has 2 atom stereocenters. The third-order valence-corrected chi connectivity index (χ3v) is 4.42. The maximum absolute atomic E-state index is 12.3. The van der Waals surface area contributed by atoms with Gasteiger partial charge in [0.25, 0.3) is 0 Å². The smallest absolute Gasteiger partial charge is 0.331 e. The Morgan fingerprint density at radius 2 is 2.26 bits per heavy atom. The van der Waals surface area contributed by atoms with Crippen LogP contribution in [0.4, 0.5) is 5.69 Å². The Labute approximate surface area is 119 Å². The molecule has 104 valence electrons. The lowest BCUT2D eigenvalue weighted by Gasteiger charge is -2.34. The second-order valence-corrected chi connectivity index (χ2v) is 5.47. The fourth-order valence-electron chi connectivity index (χ4n) is 3.10. The lowest BCUT2D eigenvalue weighted by Crippen LogP contribution is -2.50. The molecule has 0 amide bonds. The maximum atomic E-state index is 12.3. The zero-order chi connectivity index (χ0) is 13.9. The number of ether oxygens (including phenoxy) is 1. The molecule has 0 bridgehead atoms. The number of anilines is 1. The molecule has 3 nitrogen and oxygen atoms in total. The largest absolute Gasteiger partial charge is 0.467 e. The number of methoxy groups -OCH3 is 1. The minimum absolute atomic E-state index is 0.184. The summed E-state index contributed by atoms with van der Waals surface area (Å²) in [5.41, 5.74) is 0.170. The van der Waals surface area contributed by atoms with Gasteiger partial charge in [0.2, 0.25) is 0 Å². The predicted octanol–water partition coefficient (Wildman–Crippen LogP) is 3.87. The van der Waals surface area contributed by atoms with Gasteiger partial charge in [-0.2, -0.15) is 0 Å². The van der Waals surface area contributed by atoms with Crippen LogP contribution in [0.1, 0.15) is 32.6 Å². The van der Waals surface area contributed by atoms with Crippen LogP contribution in [0.3, 0.4) is 0 Å². The van der Waals surface area contributed by atoms with E-state index in [1.54, 1.807) is 0 Å². The molecule has 1 aromatic carbocycles. The third-order valence-electron chi connectivity index (χ3n) is 4.09. The molecule has 4 heteroatoms. The fraction of sp³-hybridized carbons (Fsp3) is 0.533. The van der Waals surface area contributed by atoms with E-state index in [1.165, 1.54) is 7.11 Å². The summed E-state index contributed by atoms with van der Waals surface area (Å²) in [6.45, 7) is 2.11. The number of halogens is 1. The summed E-state index contributed by atoms with van der Waals surface area (Å²) in [5.74, 6) is 0.105. The zero-order valence-electron chi connectivity index (χ0n) is 11.4. The van der Waals surface area contributed by atoms with Crippen molar-refractivity contribution < 1.29 is 9.53 Å². The SMILES string of the molecule is CCC1CCCC1(Nc1ccccc1Cl)C(=O)OC. The maximum Gasteiger partial charge on any atom is 0.331 e. The van der Waals surface area contributed by atoms with Crippen LogP contribution in [-0.4, -0.2) is 18.6 Å². The molecule has 19 heavy (non-hydrogen) atoms. The Balaban J connectivity index is 2.34. The first-order valence-corrected chi connectivity index (χ1v) is 7.13. The van der Waals surface area contributed by atoms with Crippen LogP contribution >= 0.6 is 11.6 Å². The van der Waals surface area contributed by atoms with Crippen molar-refractivity contribution in [2.75, 3.05) is 12.4 Å². The molecule has 0 saturated heterocycles. The molecular weight excluding hydrogens is 262 g/mol. The fourth-order valence-corrected chi connectivity index (χ4v) is 3.28. The molecule has 1 aromatic rings. The van der Waals surface area contributed by atoms with Crippen molar-refractivity contribution in [2.24, 2.45) is 5.92 Å². The van der Waals surface area contributed by atoms with E-state index in [0.717, 1.165) is 31.4 Å². The Hall–Kier alpha value is -1.22. The van der Waals surface area contributed by atoms with Crippen LogP contribution in [0.2, 0.25) is 5.02 Å². The van der Waals surface area contributed by atoms with E-state index in [2.05, 4.69) is 12.2 Å². The highest BCUT2D eigenvalue weighted by Crippen LogP contribution is 2.42. The number of esters is 1. The van der Waals surface area contributed by atoms with E-state index < -0.39 is 5.54 Å². The normalized spacial score (nSPS) is 26.2. The summed E-state index contributed by atoms with van der Waals surface area (Å²) in [6, 6.07) is 7.52. The van der Waals surface area contributed by atoms with Crippen molar-refractivity contribution in [3.8, 4) is 0 Å². The van der Waals surface area contributed by atoms with Crippen molar-refractivity contribution >= 4 is 23.3 Å². The van der Waals surface area contributed by atoms with Crippen LogP contribution in [0, 0.1) is 5.92 Å². The monoisotopic (exact) mass is 281 g/mol. The Morgan fingerprint density at radius 1 is 1.53 bits per heavy atom. The molecule has 1 aliphatic rings. The lowest BCUT2D eigenvalue weighted by atomic mass is 9.84. The molecule has 2 rings (SSSR count). The second-order valence-electron chi connectivity index (χ2n) is 5.07. The second kappa shape index (κ2) is 5.83. The molecule has 1 saturated carbocycles. The molecule has 2 unspecified atom stereocenters. The first-order valence-electron chi connectivity index (χ1n) is 6.75. The lowest BCUT2D eigenvalue weighted by molar-refractivity contribution is -0.147. The average molecular weight is 282 g/mol. The predicted molar refractivity (Wildman–Crippen MR) is 77.5 cm³/mol. The minimum atomic E-state index is -0.630. The van der Waals surface area contributed by atoms with E-state index >= 15 is 0 Å². The van der Waals surface area contributed by atoms with Gasteiger partial charge in [0.05, 0.1) is 17.8 Å². The number of carbonyl (C=O) groups is 1. The Bertz CT molecular complexity index is 463. The molecule has 1 N–H and O–H groups in total. The van der Waals surface area contributed by atoms with Gasteiger partial charge in [0.1, 0.15) is 5.54 Å². The van der Waals surface area contributed by atoms with Gasteiger partial charge in [0, 0.05) is 0 Å². The van der Waals surface area contributed by atoms with Gasteiger partial charge in [-0.25, -0.2) is 4.79 Å². The highest BCUT2D eigenvalue weighted by Gasteiger charge is 2.49. The van der Waals surface area contributed by atoms with Crippen LogP contribution in [0.15, 0.2) is 24.3 Å². The summed E-state index contributed by atoms with van der Waals surface area (Å²) in [6.07, 6.45) is 3.82. The van der Waals surface area contributed by atoms with Crippen LogP contribution < -0.4 is 5.32 Å². The van der Waals surface area contributed by atoms with E-state index in [0.29, 0.717) is 5.02 Å². The van der Waals surface area contributed by atoms with Crippen molar-refractivity contribution in [3.05, 3.63) is 29.3 Å². The van der Waals surface area contributed by atoms with Crippen LogP contribution in [0.5, 0.6) is 0 Å². The van der Waals surface area contributed by atoms with E-state index in [9.17, 15) is 4.79 Å². The topological polar surface area (TPSA) is 38.3 Å². The van der Waals surface area contributed by atoms with Gasteiger partial charge >= 0.3 is 5.97 Å². The number of para-hydroxylation sites is 1. The number of hydrogen-bond donors (Lipinski definition) is 1. The van der Waals surface area contributed by atoms with E-state index in [-0.39, 0.29) is 11.9 Å². The number of benzene rings is 1. The summed E-state index contributed by atoms with van der Waals surface area (Å²) < 4.78 is 5.04. The van der Waals surface area contributed by atoms with Gasteiger partial charge in [-0.05, 0) is 30.9 Å². The zero-order valence-corrected chi connectivity index (χ0v) is 12.2. The molecule has 0 heterocycles. The molecule has 1 aliphatic carbocycles. The van der Waals surface area contributed by atoms with Crippen molar-refractivity contribution in [2.45, 2.75) is 38.1 Å². The molecule has 0 aliphatic heterocycles. The van der Waals surface area contributed by atoms with Gasteiger partial charge in [-0.3, -0.25) is 0 Å². The average Bonchev–Trinajstić information content (AvgIpc) is 2.84. The Kier molecular flexibility index (Phi) is 4.35. The summed E-state index contributed by atoms with van der Waals surface area (Å²) >= 11 is 6.19. The van der Waals surface area contributed by atoms with Crippen molar-refractivity contribution in [3.63, 3.8) is 0 Å². The molecule has 0 spiro atoms. The standard InChI is InChI=1S/C15H20ClNO2/c1-3-11-7-6-10-15(11,14(18)19-2)17-13-9-5-4-8-12(13)16/h4-5,8-9,11,17H,3,6-7,10H2,1-2H3. The van der Waals surface area contributed by atoms with Crippen LogP contribution in [0.25, 0.3) is 0 Å². The first kappa shape index (κ1) is 14.2. The van der Waals surface area contributed by atoms with Crippen molar-refractivity contribution in [1.82, 2.24) is 0 Å². The number of nitrogens with one attached hydrogen (secondary N) is 1. The molecule has 0 radical (unpaired) electrons. The third kappa shape index (κ3) is 2.57. The summed E-state index contributed by atoms with van der Waals surface area (Å²) in [7, 11) is 1.45. The van der Waals surface area contributed by atoms with Gasteiger partial charge < -0.3 is 10.1 Å². The van der Waals surface area contributed by atoms with Crippen molar-refractivity contribution in [1.29, 1.82) is 0 Å². The highest BCUT2D eigenvalue weighted by molar-refractivity contribution is 6.33. The number of rotatable bonds is 4. The van der Waals surface area contributed by atoms with Gasteiger partial charge in [-0.15, -0.1) is 0 Å². The quantitative estimate of drug-likeness (QED) is 0.852. The summed E-state index contributed by atoms with van der Waals surface area (Å²) in [4.78, 5) is 12.3. The van der Waals surface area contributed by atoms with E-state index in [1.807, 2.05) is 24.3 Å². The molecule has 0 aromatic heterocycles. The van der Waals surface area contributed by atoms with E-state index in [4.69, 9.17) is 16.3 Å². The van der Waals surface area contributed by atoms with Crippen LogP contribution in [-0.2, 0) is 9.53 Å². The molecule has 1 fully saturated rings.